The van der Waals surface area contributed by atoms with E-state index < -0.39 is 0 Å². The fourth-order valence-corrected chi connectivity index (χ4v) is 0.209. The lowest BCUT2D eigenvalue weighted by molar-refractivity contribution is -0.408. The van der Waals surface area contributed by atoms with Crippen LogP contribution < -0.4 is 0 Å². The minimum absolute atomic E-state index is 0.287. The van der Waals surface area contributed by atoms with Crippen molar-refractivity contribution in [3.8, 4) is 0 Å². The molecule has 1 unspecified atom stereocenters. The first-order valence-electron chi connectivity index (χ1n) is 1.67. The molecule has 0 aromatic rings. The number of rotatable bonds is 1. The van der Waals surface area contributed by atoms with E-state index in [9.17, 15) is 4.79 Å². The normalized spacial score (nSPS) is 31.7. The lowest BCUT2D eigenvalue weighted by atomic mass is 10.4. The molecule has 1 fully saturated rings. The van der Waals surface area contributed by atoms with Crippen LogP contribution in [0, 0.1) is 0 Å². The zero-order valence-electron chi connectivity index (χ0n) is 3.09. The van der Waals surface area contributed by atoms with Crippen LogP contribution in [0.15, 0.2) is 0 Å². The van der Waals surface area contributed by atoms with Crippen LogP contribution in [0.25, 0.3) is 0 Å². The third-order valence-corrected chi connectivity index (χ3v) is 0.576. The minimum Gasteiger partial charge on any atom is -0.300 e. The van der Waals surface area contributed by atoms with Gasteiger partial charge in [-0.2, -0.15) is 0 Å². The molecule has 0 aromatic carbocycles. The Hall–Kier alpha value is -0.410. The summed E-state index contributed by atoms with van der Waals surface area (Å²) in [6.45, 7) is 0.420. The van der Waals surface area contributed by atoms with Gasteiger partial charge >= 0.3 is 0 Å². The molecule has 0 N–H and O–H groups in total. The van der Waals surface area contributed by atoms with E-state index in [1.807, 2.05) is 0 Å². The van der Waals surface area contributed by atoms with E-state index in [2.05, 4.69) is 9.78 Å². The van der Waals surface area contributed by atoms with Crippen molar-refractivity contribution in [3.05, 3.63) is 0 Å². The summed E-state index contributed by atoms with van der Waals surface area (Å²) < 4.78 is 0. The molecule has 1 saturated heterocycles. The molecular formula is C3H4O3. The highest BCUT2D eigenvalue weighted by Crippen LogP contribution is 2.00. The van der Waals surface area contributed by atoms with Crippen LogP contribution in [0.5, 0.6) is 0 Å². The average molecular weight is 88.1 g/mol. The SMILES string of the molecule is O=CC1COO1. The molecule has 34 valence electrons. The number of hydrogen-bond acceptors (Lipinski definition) is 3. The Bertz CT molecular complexity index is 57.1. The van der Waals surface area contributed by atoms with Gasteiger partial charge in [-0.15, -0.1) is 0 Å². The van der Waals surface area contributed by atoms with Crippen LogP contribution in [-0.4, -0.2) is 19.0 Å². The molecule has 0 saturated carbocycles. The molecule has 0 radical (unpaired) electrons. The summed E-state index contributed by atoms with van der Waals surface area (Å²) in [5.74, 6) is 0. The monoisotopic (exact) mass is 88.0 g/mol. The number of carbonyl (C=O) groups is 1. The van der Waals surface area contributed by atoms with Gasteiger partial charge < -0.3 is 4.79 Å². The Kier molecular flexibility index (Phi) is 0.856. The number of aldehydes is 1. The zero-order valence-corrected chi connectivity index (χ0v) is 3.09. The van der Waals surface area contributed by atoms with Crippen molar-refractivity contribution in [1.29, 1.82) is 0 Å². The molecule has 1 rings (SSSR count). The summed E-state index contributed by atoms with van der Waals surface area (Å²) in [4.78, 5) is 18.0. The molecular weight excluding hydrogens is 84.0 g/mol. The molecule has 1 heterocycles. The molecule has 3 nitrogen and oxygen atoms in total. The van der Waals surface area contributed by atoms with Crippen molar-refractivity contribution in [1.82, 2.24) is 0 Å². The van der Waals surface area contributed by atoms with Crippen molar-refractivity contribution >= 4 is 6.29 Å². The number of hydrogen-bond donors (Lipinski definition) is 0. The molecule has 0 aromatic heterocycles. The Morgan fingerprint density at radius 1 is 1.83 bits per heavy atom. The maximum absolute atomic E-state index is 9.58. The predicted octanol–water partition coefficient (Wildman–Crippen LogP) is -0.484. The van der Waals surface area contributed by atoms with Gasteiger partial charge in [0.05, 0.1) is 0 Å². The summed E-state index contributed by atoms with van der Waals surface area (Å²) in [6, 6.07) is 0. The summed E-state index contributed by atoms with van der Waals surface area (Å²) >= 11 is 0. The molecule has 1 aliphatic rings. The quantitative estimate of drug-likeness (QED) is 0.320. The van der Waals surface area contributed by atoms with E-state index in [1.54, 1.807) is 0 Å². The fourth-order valence-electron chi connectivity index (χ4n) is 0.209. The Morgan fingerprint density at radius 2 is 2.50 bits per heavy atom. The van der Waals surface area contributed by atoms with Crippen LogP contribution in [0.4, 0.5) is 0 Å². The van der Waals surface area contributed by atoms with E-state index in [1.165, 1.54) is 0 Å². The topological polar surface area (TPSA) is 35.5 Å². The molecule has 6 heavy (non-hydrogen) atoms. The molecule has 1 aliphatic heterocycles. The van der Waals surface area contributed by atoms with E-state index in [0.717, 1.165) is 0 Å². The molecule has 0 aliphatic carbocycles. The van der Waals surface area contributed by atoms with Crippen molar-refractivity contribution in [3.63, 3.8) is 0 Å². The third-order valence-electron chi connectivity index (χ3n) is 0.576. The summed E-state index contributed by atoms with van der Waals surface area (Å²) in [5, 5.41) is 0. The second-order valence-corrected chi connectivity index (χ2v) is 1.06. The second kappa shape index (κ2) is 1.36. The van der Waals surface area contributed by atoms with Crippen LogP contribution in [0.3, 0.4) is 0 Å². The smallest absolute Gasteiger partial charge is 0.174 e. The first-order chi connectivity index (χ1) is 2.93. The predicted molar refractivity (Wildman–Crippen MR) is 16.9 cm³/mol. The maximum Gasteiger partial charge on any atom is 0.174 e. The van der Waals surface area contributed by atoms with Gasteiger partial charge in [0.1, 0.15) is 6.61 Å². The standard InChI is InChI=1S/C3H4O3/c4-1-3-2-5-6-3/h1,3H,2H2. The van der Waals surface area contributed by atoms with Gasteiger partial charge in [0, 0.05) is 0 Å². The summed E-state index contributed by atoms with van der Waals surface area (Å²) in [7, 11) is 0. The molecule has 0 amide bonds. The van der Waals surface area contributed by atoms with E-state index in [4.69, 9.17) is 0 Å². The second-order valence-electron chi connectivity index (χ2n) is 1.06. The highest BCUT2D eigenvalue weighted by molar-refractivity contribution is 5.56. The molecule has 0 spiro atoms. The largest absolute Gasteiger partial charge is 0.300 e. The highest BCUT2D eigenvalue weighted by atomic mass is 17.2. The van der Waals surface area contributed by atoms with E-state index in [-0.39, 0.29) is 6.10 Å². The summed E-state index contributed by atoms with van der Waals surface area (Å²) in [6.07, 6.45) is 0.425. The third kappa shape index (κ3) is 0.418. The first-order valence-corrected chi connectivity index (χ1v) is 1.67. The number of carbonyl (C=O) groups excluding carboxylic acids is 1. The van der Waals surface area contributed by atoms with Gasteiger partial charge in [0.2, 0.25) is 0 Å². The van der Waals surface area contributed by atoms with Gasteiger partial charge in [-0.1, -0.05) is 0 Å². The van der Waals surface area contributed by atoms with Gasteiger partial charge in [-0.05, 0) is 0 Å². The van der Waals surface area contributed by atoms with Crippen LogP contribution >= 0.6 is 0 Å². The van der Waals surface area contributed by atoms with Gasteiger partial charge in [0.25, 0.3) is 0 Å². The lowest BCUT2D eigenvalue weighted by Crippen LogP contribution is -2.31. The van der Waals surface area contributed by atoms with Crippen molar-refractivity contribution in [2.45, 2.75) is 6.10 Å². The zero-order chi connectivity index (χ0) is 4.41. The lowest BCUT2D eigenvalue weighted by Gasteiger charge is -2.17. The van der Waals surface area contributed by atoms with Crippen molar-refractivity contribution < 1.29 is 14.6 Å². The van der Waals surface area contributed by atoms with Crippen LogP contribution in [0.2, 0.25) is 0 Å². The Morgan fingerprint density at radius 3 is 2.50 bits per heavy atom. The van der Waals surface area contributed by atoms with Crippen molar-refractivity contribution in [2.75, 3.05) is 6.61 Å². The maximum atomic E-state index is 9.58. The van der Waals surface area contributed by atoms with E-state index >= 15 is 0 Å². The van der Waals surface area contributed by atoms with Crippen molar-refractivity contribution in [2.24, 2.45) is 0 Å². The molecule has 3 heteroatoms. The van der Waals surface area contributed by atoms with Crippen LogP contribution in [0.1, 0.15) is 0 Å². The van der Waals surface area contributed by atoms with Crippen LogP contribution in [-0.2, 0) is 14.6 Å². The van der Waals surface area contributed by atoms with E-state index in [0.29, 0.717) is 12.9 Å². The first kappa shape index (κ1) is 3.77. The molecule has 1 atom stereocenters. The summed E-state index contributed by atoms with van der Waals surface area (Å²) in [5.41, 5.74) is 0. The van der Waals surface area contributed by atoms with Gasteiger partial charge in [-0.25, -0.2) is 9.78 Å². The highest BCUT2D eigenvalue weighted by Gasteiger charge is 2.18. The molecule has 0 bridgehead atoms. The van der Waals surface area contributed by atoms with Gasteiger partial charge in [-0.3, -0.25) is 0 Å². The average Bonchev–Trinajstić information content (AvgIpc) is 1.31. The minimum atomic E-state index is -0.287. The fraction of sp³-hybridized carbons (Fsp3) is 0.667. The van der Waals surface area contributed by atoms with Gasteiger partial charge in [0.15, 0.2) is 12.4 Å². The Labute approximate surface area is 34.8 Å². The Balaban J connectivity index is 2.16.